The molecule has 12 heteroatoms. The lowest BCUT2D eigenvalue weighted by Gasteiger charge is -2.07. The number of nitrogens with two attached hydrogens (primary N) is 1. The van der Waals surface area contributed by atoms with E-state index in [1.165, 1.54) is 4.57 Å². The lowest BCUT2D eigenvalue weighted by atomic mass is 10.2. The van der Waals surface area contributed by atoms with Crippen LogP contribution in [-0.2, 0) is 27.4 Å². The summed E-state index contributed by atoms with van der Waals surface area (Å²) in [6.07, 6.45) is 0. The van der Waals surface area contributed by atoms with Crippen molar-refractivity contribution in [3.63, 3.8) is 0 Å². The Kier molecular flexibility index (Phi) is 5.57. The first-order chi connectivity index (χ1) is 14.5. The van der Waals surface area contributed by atoms with Crippen molar-refractivity contribution in [1.29, 1.82) is 0 Å². The molecule has 2 N–H and O–H groups in total. The van der Waals surface area contributed by atoms with Gasteiger partial charge < -0.3 is 24.7 Å². The molecule has 0 amide bonds. The third-order valence-electron chi connectivity index (χ3n) is 4.16. The van der Waals surface area contributed by atoms with Gasteiger partial charge >= 0.3 is 11.9 Å². The van der Waals surface area contributed by atoms with Gasteiger partial charge in [-0.3, -0.25) is 9.36 Å². The van der Waals surface area contributed by atoms with Gasteiger partial charge in [0.15, 0.2) is 17.1 Å². The first kappa shape index (κ1) is 20.1. The number of hydrogen-bond acceptors (Lipinski definition) is 10. The highest BCUT2D eigenvalue weighted by Gasteiger charge is 2.21. The Balaban J connectivity index is 1.55. The molecule has 0 fully saturated rings. The van der Waals surface area contributed by atoms with Gasteiger partial charge in [-0.25, -0.2) is 19.7 Å². The van der Waals surface area contributed by atoms with Gasteiger partial charge in [0.05, 0.1) is 6.61 Å². The molecule has 0 spiro atoms. The number of imidazole rings is 1. The van der Waals surface area contributed by atoms with E-state index in [1.54, 1.807) is 25.1 Å². The fraction of sp³-hybridized carbons (Fsp3) is 0.278. The van der Waals surface area contributed by atoms with Gasteiger partial charge in [-0.05, 0) is 47.2 Å². The van der Waals surface area contributed by atoms with Crippen molar-refractivity contribution < 1.29 is 28.5 Å². The van der Waals surface area contributed by atoms with E-state index < -0.39 is 11.9 Å². The molecule has 3 aromatic rings. The summed E-state index contributed by atoms with van der Waals surface area (Å²) in [7, 11) is 0. The number of hydrogen-bond donors (Lipinski definition) is 1. The van der Waals surface area contributed by atoms with Crippen molar-refractivity contribution in [2.24, 2.45) is 0 Å². The van der Waals surface area contributed by atoms with Gasteiger partial charge in [-0.15, -0.1) is 0 Å². The van der Waals surface area contributed by atoms with Crippen LogP contribution in [0.4, 0.5) is 5.95 Å². The molecule has 0 saturated heterocycles. The average molecular weight is 525 g/mol. The van der Waals surface area contributed by atoms with E-state index in [2.05, 4.69) is 15.0 Å². The van der Waals surface area contributed by atoms with Crippen LogP contribution in [0.5, 0.6) is 11.5 Å². The molecule has 4 rings (SSSR count). The Labute approximate surface area is 183 Å². The molecular formula is C18H16IN5O6. The molecule has 0 unspecified atom stereocenters. The zero-order valence-electron chi connectivity index (χ0n) is 15.8. The Morgan fingerprint density at radius 2 is 2.00 bits per heavy atom. The van der Waals surface area contributed by atoms with Crippen LogP contribution < -0.4 is 15.2 Å². The monoisotopic (exact) mass is 525 g/mol. The van der Waals surface area contributed by atoms with Gasteiger partial charge in [0.25, 0.3) is 0 Å². The first-order valence-electron chi connectivity index (χ1n) is 8.86. The predicted molar refractivity (Wildman–Crippen MR) is 111 cm³/mol. The summed E-state index contributed by atoms with van der Waals surface area (Å²) < 4.78 is 22.6. The Morgan fingerprint density at radius 1 is 1.20 bits per heavy atom. The second kappa shape index (κ2) is 8.30. The highest BCUT2D eigenvalue weighted by molar-refractivity contribution is 14.1. The number of rotatable bonds is 6. The van der Waals surface area contributed by atoms with Crippen molar-refractivity contribution in [3.05, 3.63) is 33.3 Å². The summed E-state index contributed by atoms with van der Waals surface area (Å²) in [5.74, 6) is -0.0947. The molecular weight excluding hydrogens is 509 g/mol. The van der Waals surface area contributed by atoms with Crippen molar-refractivity contribution in [3.8, 4) is 11.5 Å². The van der Waals surface area contributed by atoms with E-state index in [9.17, 15) is 9.59 Å². The Bertz CT molecular complexity index is 1150. The van der Waals surface area contributed by atoms with Crippen LogP contribution in [-0.4, -0.2) is 44.9 Å². The highest BCUT2D eigenvalue weighted by atomic mass is 127. The predicted octanol–water partition coefficient (Wildman–Crippen LogP) is 1.66. The van der Waals surface area contributed by atoms with Crippen molar-refractivity contribution in [1.82, 2.24) is 19.5 Å². The number of aromatic nitrogens is 4. The zero-order valence-corrected chi connectivity index (χ0v) is 17.9. The third-order valence-corrected chi connectivity index (χ3v) is 4.92. The number of anilines is 1. The van der Waals surface area contributed by atoms with E-state index in [-0.39, 0.29) is 44.0 Å². The van der Waals surface area contributed by atoms with E-state index in [1.807, 2.05) is 22.6 Å². The van der Waals surface area contributed by atoms with Crippen molar-refractivity contribution >= 4 is 51.6 Å². The van der Waals surface area contributed by atoms with Crippen LogP contribution in [0.1, 0.15) is 23.1 Å². The molecule has 0 saturated carbocycles. The minimum absolute atomic E-state index is 0.00231. The Hall–Kier alpha value is -3.16. The van der Waals surface area contributed by atoms with Gasteiger partial charge in [-0.2, -0.15) is 0 Å². The molecule has 0 radical (unpaired) electrons. The van der Waals surface area contributed by atoms with Crippen LogP contribution in [0.2, 0.25) is 0 Å². The zero-order chi connectivity index (χ0) is 21.3. The van der Waals surface area contributed by atoms with E-state index in [0.717, 1.165) is 5.56 Å². The lowest BCUT2D eigenvalue weighted by Crippen LogP contribution is -2.17. The summed E-state index contributed by atoms with van der Waals surface area (Å²) in [6, 6.07) is 5.25. The quantitative estimate of drug-likeness (QED) is 0.287. The van der Waals surface area contributed by atoms with Gasteiger partial charge in [0.1, 0.15) is 22.4 Å². The number of ether oxygens (including phenoxy) is 4. The van der Waals surface area contributed by atoms with Gasteiger partial charge in [0, 0.05) is 0 Å². The van der Waals surface area contributed by atoms with E-state index >= 15 is 0 Å². The number of nitrogen functional groups attached to an aromatic ring is 1. The molecule has 156 valence electrons. The maximum absolute atomic E-state index is 12.5. The molecule has 1 aromatic carbocycles. The van der Waals surface area contributed by atoms with Gasteiger partial charge in [-0.1, -0.05) is 6.07 Å². The number of carbonyl (C=O) groups is 2. The fourth-order valence-electron chi connectivity index (χ4n) is 2.81. The second-order valence-corrected chi connectivity index (χ2v) is 7.16. The normalized spacial score (nSPS) is 12.2. The average Bonchev–Trinajstić information content (AvgIpc) is 3.31. The van der Waals surface area contributed by atoms with Crippen LogP contribution in [0.15, 0.2) is 18.2 Å². The SMILES string of the molecule is CCOC(=O)Cn1c(N)nc2c(I)nc(C(=O)OCc3ccc4c(c3)OCO4)nc21. The minimum Gasteiger partial charge on any atom is -0.465 e. The number of nitrogens with zero attached hydrogens (tertiary/aromatic N) is 4. The molecule has 0 aliphatic carbocycles. The van der Waals surface area contributed by atoms with Gasteiger partial charge in [0.2, 0.25) is 18.6 Å². The van der Waals surface area contributed by atoms with Crippen molar-refractivity contribution in [2.45, 2.75) is 20.1 Å². The molecule has 11 nitrogen and oxygen atoms in total. The summed E-state index contributed by atoms with van der Waals surface area (Å²) in [5.41, 5.74) is 7.25. The topological polar surface area (TPSA) is 141 Å². The molecule has 0 bridgehead atoms. The smallest absolute Gasteiger partial charge is 0.376 e. The second-order valence-electron chi connectivity index (χ2n) is 6.14. The molecule has 1 aliphatic rings. The van der Waals surface area contributed by atoms with Crippen LogP contribution >= 0.6 is 22.6 Å². The standard InChI is InChI=1S/C18H16IN5O6/c1-2-27-12(25)6-24-16-13(21-18(24)20)14(19)22-15(23-16)17(26)28-7-9-3-4-10-11(5-9)30-8-29-10/h3-5H,2,6-8H2,1H3,(H2,20,21). The lowest BCUT2D eigenvalue weighted by molar-refractivity contribution is -0.143. The third kappa shape index (κ3) is 3.94. The Morgan fingerprint density at radius 3 is 2.80 bits per heavy atom. The molecule has 30 heavy (non-hydrogen) atoms. The number of carbonyl (C=O) groups excluding carboxylic acids is 2. The fourth-order valence-corrected chi connectivity index (χ4v) is 3.40. The first-order valence-corrected chi connectivity index (χ1v) is 9.94. The largest absolute Gasteiger partial charge is 0.465 e. The van der Waals surface area contributed by atoms with Crippen LogP contribution in [0.25, 0.3) is 11.2 Å². The molecule has 2 aromatic heterocycles. The van der Waals surface area contributed by atoms with Crippen LogP contribution in [0.3, 0.4) is 0 Å². The highest BCUT2D eigenvalue weighted by Crippen LogP contribution is 2.32. The number of fused-ring (bicyclic) bond motifs is 2. The summed E-state index contributed by atoms with van der Waals surface area (Å²) >= 11 is 1.92. The maximum Gasteiger partial charge on any atom is 0.376 e. The number of benzene rings is 1. The molecule has 1 aliphatic heterocycles. The summed E-state index contributed by atoms with van der Waals surface area (Å²) in [5, 5.41) is 0. The number of esters is 2. The minimum atomic E-state index is -0.727. The van der Waals surface area contributed by atoms with E-state index in [0.29, 0.717) is 20.7 Å². The number of halogens is 1. The maximum atomic E-state index is 12.5. The van der Waals surface area contributed by atoms with Crippen molar-refractivity contribution in [2.75, 3.05) is 19.1 Å². The van der Waals surface area contributed by atoms with E-state index in [4.69, 9.17) is 24.7 Å². The summed E-state index contributed by atoms with van der Waals surface area (Å²) in [6.45, 7) is 1.90. The van der Waals surface area contributed by atoms with Crippen LogP contribution in [0, 0.1) is 3.70 Å². The summed E-state index contributed by atoms with van der Waals surface area (Å²) in [4.78, 5) is 36.9. The molecule has 3 heterocycles. The molecule has 0 atom stereocenters.